The van der Waals surface area contributed by atoms with Crippen molar-refractivity contribution in [2.75, 3.05) is 0 Å². The van der Waals surface area contributed by atoms with Crippen molar-refractivity contribution in [3.05, 3.63) is 0 Å². The molecule has 2 unspecified atom stereocenters. The lowest BCUT2D eigenvalue weighted by Crippen LogP contribution is -2.37. The Bertz CT molecular complexity index is 198. The Morgan fingerprint density at radius 1 is 1.14 bits per heavy atom. The first-order chi connectivity index (χ1) is 6.55. The molecular formula is C14H26. The zero-order valence-electron chi connectivity index (χ0n) is 10.3. The average Bonchev–Trinajstić information content (AvgIpc) is 2.43. The van der Waals surface area contributed by atoms with Gasteiger partial charge in [-0.3, -0.25) is 0 Å². The summed E-state index contributed by atoms with van der Waals surface area (Å²) in [6, 6.07) is 0. The molecule has 2 saturated carbocycles. The molecule has 0 saturated heterocycles. The fourth-order valence-corrected chi connectivity index (χ4v) is 4.70. The van der Waals surface area contributed by atoms with Gasteiger partial charge < -0.3 is 0 Å². The summed E-state index contributed by atoms with van der Waals surface area (Å²) in [6.45, 7) is 9.94. The highest BCUT2D eigenvalue weighted by atomic mass is 14.5. The Hall–Kier alpha value is 0. The molecule has 0 spiro atoms. The number of hydrogen-bond donors (Lipinski definition) is 0. The quantitative estimate of drug-likeness (QED) is 0.577. The fourth-order valence-electron chi connectivity index (χ4n) is 4.70. The largest absolute Gasteiger partial charge is 0.0625 e. The summed E-state index contributed by atoms with van der Waals surface area (Å²) in [4.78, 5) is 0. The number of rotatable bonds is 1. The van der Waals surface area contributed by atoms with E-state index in [-0.39, 0.29) is 0 Å². The summed E-state index contributed by atoms with van der Waals surface area (Å²) >= 11 is 0. The lowest BCUT2D eigenvalue weighted by Gasteiger charge is -2.45. The molecule has 0 nitrogen and oxygen atoms in total. The minimum atomic E-state index is 0.700. The van der Waals surface area contributed by atoms with E-state index < -0.39 is 0 Å². The Morgan fingerprint density at radius 2 is 1.86 bits per heavy atom. The van der Waals surface area contributed by atoms with Crippen LogP contribution in [0.15, 0.2) is 0 Å². The SMILES string of the molecule is CC(C)C1CCC2[C@@H](C)CCC[C@]12C. The number of fused-ring (bicyclic) bond motifs is 1. The van der Waals surface area contributed by atoms with Gasteiger partial charge >= 0.3 is 0 Å². The van der Waals surface area contributed by atoms with Gasteiger partial charge in [0.1, 0.15) is 0 Å². The third-order valence-electron chi connectivity index (χ3n) is 5.35. The molecule has 0 aliphatic heterocycles. The van der Waals surface area contributed by atoms with Crippen LogP contribution in [0.3, 0.4) is 0 Å². The Labute approximate surface area is 89.5 Å². The molecule has 2 aliphatic carbocycles. The molecule has 4 atom stereocenters. The monoisotopic (exact) mass is 194 g/mol. The minimum Gasteiger partial charge on any atom is -0.0625 e. The van der Waals surface area contributed by atoms with Gasteiger partial charge in [-0.15, -0.1) is 0 Å². The van der Waals surface area contributed by atoms with Gasteiger partial charge in [0, 0.05) is 0 Å². The van der Waals surface area contributed by atoms with Crippen LogP contribution < -0.4 is 0 Å². The Morgan fingerprint density at radius 3 is 2.50 bits per heavy atom. The summed E-state index contributed by atoms with van der Waals surface area (Å²) in [5.41, 5.74) is 0.700. The molecule has 82 valence electrons. The van der Waals surface area contributed by atoms with E-state index in [4.69, 9.17) is 0 Å². The molecule has 0 N–H and O–H groups in total. The predicted octanol–water partition coefficient (Wildman–Crippen LogP) is 4.49. The van der Waals surface area contributed by atoms with Gasteiger partial charge in [0.15, 0.2) is 0 Å². The molecule has 14 heavy (non-hydrogen) atoms. The molecule has 2 rings (SSSR count). The van der Waals surface area contributed by atoms with Crippen LogP contribution in [-0.4, -0.2) is 0 Å². The summed E-state index contributed by atoms with van der Waals surface area (Å²) in [7, 11) is 0. The highest BCUT2D eigenvalue weighted by Crippen LogP contribution is 2.59. The van der Waals surface area contributed by atoms with Crippen molar-refractivity contribution in [3.8, 4) is 0 Å². The van der Waals surface area contributed by atoms with E-state index in [1.807, 2.05) is 0 Å². The van der Waals surface area contributed by atoms with Gasteiger partial charge in [-0.2, -0.15) is 0 Å². The van der Waals surface area contributed by atoms with Crippen LogP contribution in [0.1, 0.15) is 59.8 Å². The first-order valence-corrected chi connectivity index (χ1v) is 6.55. The van der Waals surface area contributed by atoms with E-state index in [0.717, 1.165) is 23.7 Å². The van der Waals surface area contributed by atoms with E-state index >= 15 is 0 Å². The van der Waals surface area contributed by atoms with Gasteiger partial charge in [-0.1, -0.05) is 40.5 Å². The highest BCUT2D eigenvalue weighted by molar-refractivity contribution is 4.99. The lowest BCUT2D eigenvalue weighted by atomic mass is 9.60. The standard InChI is InChI=1S/C14H26/c1-10(2)12-7-8-13-11(3)6-5-9-14(12,13)4/h10-13H,5-9H2,1-4H3/t11-,12?,13?,14+/m0/s1. The topological polar surface area (TPSA) is 0 Å². The molecule has 0 aromatic rings. The van der Waals surface area contributed by atoms with Gasteiger partial charge in [0.25, 0.3) is 0 Å². The Balaban J connectivity index is 2.20. The summed E-state index contributed by atoms with van der Waals surface area (Å²) in [5.74, 6) is 3.95. The zero-order valence-corrected chi connectivity index (χ0v) is 10.3. The van der Waals surface area contributed by atoms with Crippen LogP contribution in [-0.2, 0) is 0 Å². The molecule has 0 aromatic carbocycles. The maximum absolute atomic E-state index is 2.59. The van der Waals surface area contributed by atoms with Crippen LogP contribution in [0.4, 0.5) is 0 Å². The van der Waals surface area contributed by atoms with E-state index in [9.17, 15) is 0 Å². The third-order valence-corrected chi connectivity index (χ3v) is 5.35. The van der Waals surface area contributed by atoms with Crippen molar-refractivity contribution < 1.29 is 0 Å². The molecule has 2 fully saturated rings. The maximum atomic E-state index is 2.59. The van der Waals surface area contributed by atoms with Gasteiger partial charge in [0.05, 0.1) is 0 Å². The average molecular weight is 194 g/mol. The lowest BCUT2D eigenvalue weighted by molar-refractivity contribution is 0.0405. The van der Waals surface area contributed by atoms with Crippen molar-refractivity contribution in [1.29, 1.82) is 0 Å². The van der Waals surface area contributed by atoms with Crippen molar-refractivity contribution >= 4 is 0 Å². The third kappa shape index (κ3) is 1.42. The molecular weight excluding hydrogens is 168 g/mol. The van der Waals surface area contributed by atoms with Crippen LogP contribution in [0.25, 0.3) is 0 Å². The van der Waals surface area contributed by atoms with E-state index in [1.165, 1.54) is 32.1 Å². The zero-order chi connectivity index (χ0) is 10.3. The summed E-state index contributed by atoms with van der Waals surface area (Å²) in [6.07, 6.45) is 7.50. The van der Waals surface area contributed by atoms with Crippen molar-refractivity contribution in [3.63, 3.8) is 0 Å². The normalized spacial score (nSPS) is 48.2. The van der Waals surface area contributed by atoms with Crippen LogP contribution in [0, 0.1) is 29.1 Å². The van der Waals surface area contributed by atoms with Crippen LogP contribution >= 0.6 is 0 Å². The first kappa shape index (κ1) is 10.5. The predicted molar refractivity (Wildman–Crippen MR) is 62.2 cm³/mol. The van der Waals surface area contributed by atoms with E-state index in [1.54, 1.807) is 0 Å². The molecule has 0 bridgehead atoms. The second-order valence-corrected chi connectivity index (χ2v) is 6.41. The van der Waals surface area contributed by atoms with Crippen molar-refractivity contribution in [1.82, 2.24) is 0 Å². The molecule has 0 aromatic heterocycles. The van der Waals surface area contributed by atoms with Crippen LogP contribution in [0.2, 0.25) is 0 Å². The second-order valence-electron chi connectivity index (χ2n) is 6.41. The van der Waals surface area contributed by atoms with Gasteiger partial charge in [0.2, 0.25) is 0 Å². The maximum Gasteiger partial charge on any atom is -0.0264 e. The summed E-state index contributed by atoms with van der Waals surface area (Å²) in [5, 5.41) is 0. The van der Waals surface area contributed by atoms with Crippen LogP contribution in [0.5, 0.6) is 0 Å². The van der Waals surface area contributed by atoms with Gasteiger partial charge in [-0.25, -0.2) is 0 Å². The second kappa shape index (κ2) is 3.54. The van der Waals surface area contributed by atoms with E-state index in [0.29, 0.717) is 5.41 Å². The smallest absolute Gasteiger partial charge is 0.0264 e. The highest BCUT2D eigenvalue weighted by Gasteiger charge is 2.50. The minimum absolute atomic E-state index is 0.700. The Kier molecular flexibility index (Phi) is 2.66. The molecule has 0 amide bonds. The molecule has 0 radical (unpaired) electrons. The van der Waals surface area contributed by atoms with E-state index in [2.05, 4.69) is 27.7 Å². The summed E-state index contributed by atoms with van der Waals surface area (Å²) < 4.78 is 0. The van der Waals surface area contributed by atoms with Gasteiger partial charge in [-0.05, 0) is 48.3 Å². The molecule has 0 heterocycles. The van der Waals surface area contributed by atoms with Crippen molar-refractivity contribution in [2.45, 2.75) is 59.8 Å². The fraction of sp³-hybridized carbons (Fsp3) is 1.00. The number of hydrogen-bond acceptors (Lipinski definition) is 0. The van der Waals surface area contributed by atoms with Crippen molar-refractivity contribution in [2.24, 2.45) is 29.1 Å². The molecule has 0 heteroatoms. The first-order valence-electron chi connectivity index (χ1n) is 6.55. The molecule has 2 aliphatic rings.